The summed E-state index contributed by atoms with van der Waals surface area (Å²) in [6.45, 7) is 4.14. The van der Waals surface area contributed by atoms with E-state index in [1.165, 1.54) is 5.69 Å². The minimum atomic E-state index is -0.430. The number of aliphatic hydroxyl groups is 1. The number of nitrogens with zero attached hydrogens (tertiary/aromatic N) is 3. The highest BCUT2D eigenvalue weighted by molar-refractivity contribution is 5.86. The molecule has 4 rings (SSSR count). The minimum absolute atomic E-state index is 0.118. The number of pyridine rings is 1. The van der Waals surface area contributed by atoms with Crippen LogP contribution >= 0.6 is 0 Å². The lowest BCUT2D eigenvalue weighted by atomic mass is 10.0. The van der Waals surface area contributed by atoms with Crippen LogP contribution in [0.15, 0.2) is 33.9 Å². The first-order valence-corrected chi connectivity index (χ1v) is 10.4. The normalized spacial score (nSPS) is 16.8. The molecule has 0 saturated carbocycles. The van der Waals surface area contributed by atoms with Crippen molar-refractivity contribution in [1.29, 1.82) is 0 Å². The van der Waals surface area contributed by atoms with Crippen LogP contribution in [0.1, 0.15) is 18.9 Å². The van der Waals surface area contributed by atoms with Gasteiger partial charge in [0.1, 0.15) is 5.39 Å². The number of aliphatic hydroxyl groups excluding tert-OH is 1. The van der Waals surface area contributed by atoms with Crippen molar-refractivity contribution in [1.82, 2.24) is 19.7 Å². The van der Waals surface area contributed by atoms with E-state index in [2.05, 4.69) is 46.1 Å². The zero-order chi connectivity index (χ0) is 21.4. The van der Waals surface area contributed by atoms with E-state index in [4.69, 9.17) is 0 Å². The Morgan fingerprint density at radius 1 is 1.17 bits per heavy atom. The smallest absolute Gasteiger partial charge is 0.277 e. The number of H-pyrrole nitrogens is 2. The van der Waals surface area contributed by atoms with Crippen LogP contribution in [-0.2, 0) is 13.0 Å². The number of anilines is 1. The quantitative estimate of drug-likeness (QED) is 0.569. The van der Waals surface area contributed by atoms with Crippen molar-refractivity contribution < 1.29 is 5.11 Å². The molecule has 30 heavy (non-hydrogen) atoms. The molecule has 3 aromatic rings. The third-order valence-corrected chi connectivity index (χ3v) is 6.12. The molecule has 1 unspecified atom stereocenters. The monoisotopic (exact) mass is 411 g/mol. The summed E-state index contributed by atoms with van der Waals surface area (Å²) in [4.78, 5) is 32.6. The SMILES string of the molecule is CCc1c(-c2ccc(N3CCC(N(C)C)C3)cc2)[nH]c(=O)c2c(=O)[nH]n(CCO)c12. The Balaban J connectivity index is 1.75. The lowest BCUT2D eigenvalue weighted by molar-refractivity contribution is 0.271. The van der Waals surface area contributed by atoms with Crippen molar-refractivity contribution in [3.05, 3.63) is 50.5 Å². The number of aryl methyl sites for hydroxylation is 1. The fraction of sp³-hybridized carbons (Fsp3) is 0.455. The van der Waals surface area contributed by atoms with Crippen LogP contribution in [0, 0.1) is 0 Å². The van der Waals surface area contributed by atoms with Crippen molar-refractivity contribution in [2.24, 2.45) is 0 Å². The lowest BCUT2D eigenvalue weighted by Gasteiger charge is -2.22. The Hall–Kier alpha value is -2.84. The third kappa shape index (κ3) is 3.46. The van der Waals surface area contributed by atoms with Gasteiger partial charge in [-0.1, -0.05) is 19.1 Å². The molecule has 1 aliphatic rings. The van der Waals surface area contributed by atoms with Gasteiger partial charge < -0.3 is 19.9 Å². The molecule has 0 radical (unpaired) electrons. The third-order valence-electron chi connectivity index (χ3n) is 6.12. The number of nitrogens with one attached hydrogen (secondary N) is 2. The van der Waals surface area contributed by atoms with Gasteiger partial charge in [-0.15, -0.1) is 0 Å². The molecule has 0 amide bonds. The lowest BCUT2D eigenvalue weighted by Crippen LogP contribution is -2.31. The first-order valence-electron chi connectivity index (χ1n) is 10.4. The maximum atomic E-state index is 12.7. The Morgan fingerprint density at radius 2 is 1.90 bits per heavy atom. The zero-order valence-electron chi connectivity index (χ0n) is 17.7. The van der Waals surface area contributed by atoms with E-state index in [1.807, 2.05) is 19.1 Å². The van der Waals surface area contributed by atoms with E-state index in [1.54, 1.807) is 4.68 Å². The molecule has 1 saturated heterocycles. The van der Waals surface area contributed by atoms with Crippen LogP contribution in [0.2, 0.25) is 0 Å². The molecule has 0 spiro atoms. The number of aromatic amines is 2. The average Bonchev–Trinajstić information content (AvgIpc) is 3.34. The number of fused-ring (bicyclic) bond motifs is 1. The summed E-state index contributed by atoms with van der Waals surface area (Å²) in [7, 11) is 4.24. The molecule has 1 atom stereocenters. The fourth-order valence-electron chi connectivity index (χ4n) is 4.47. The fourth-order valence-corrected chi connectivity index (χ4v) is 4.47. The molecular weight excluding hydrogens is 382 g/mol. The van der Waals surface area contributed by atoms with Crippen molar-refractivity contribution in [2.75, 3.05) is 38.7 Å². The highest BCUT2D eigenvalue weighted by Crippen LogP contribution is 2.29. The van der Waals surface area contributed by atoms with E-state index in [0.29, 0.717) is 18.0 Å². The average molecular weight is 412 g/mol. The van der Waals surface area contributed by atoms with Crippen LogP contribution in [-0.4, -0.2) is 64.6 Å². The molecule has 0 bridgehead atoms. The van der Waals surface area contributed by atoms with Gasteiger partial charge in [-0.2, -0.15) is 0 Å². The number of aromatic nitrogens is 3. The van der Waals surface area contributed by atoms with E-state index in [-0.39, 0.29) is 18.5 Å². The minimum Gasteiger partial charge on any atom is -0.394 e. The number of rotatable bonds is 6. The van der Waals surface area contributed by atoms with Gasteiger partial charge in [0.05, 0.1) is 24.4 Å². The summed E-state index contributed by atoms with van der Waals surface area (Å²) >= 11 is 0. The second-order valence-electron chi connectivity index (χ2n) is 8.10. The number of benzene rings is 1. The highest BCUT2D eigenvalue weighted by atomic mass is 16.3. The van der Waals surface area contributed by atoms with Gasteiger partial charge in [0, 0.05) is 30.4 Å². The molecule has 1 fully saturated rings. The van der Waals surface area contributed by atoms with Crippen LogP contribution in [0.5, 0.6) is 0 Å². The molecule has 1 aromatic carbocycles. The molecule has 0 aliphatic carbocycles. The van der Waals surface area contributed by atoms with Crippen molar-refractivity contribution >= 4 is 16.6 Å². The first-order chi connectivity index (χ1) is 14.4. The maximum absolute atomic E-state index is 12.7. The number of hydrogen-bond donors (Lipinski definition) is 3. The van der Waals surface area contributed by atoms with Crippen LogP contribution in [0.25, 0.3) is 22.2 Å². The Bertz CT molecular complexity index is 1160. The molecule has 160 valence electrons. The van der Waals surface area contributed by atoms with E-state index in [9.17, 15) is 14.7 Å². The van der Waals surface area contributed by atoms with E-state index < -0.39 is 11.1 Å². The summed E-state index contributed by atoms with van der Waals surface area (Å²) in [6, 6.07) is 8.79. The Kier molecular flexibility index (Phi) is 5.53. The highest BCUT2D eigenvalue weighted by Gasteiger charge is 2.24. The second kappa shape index (κ2) is 8.12. The van der Waals surface area contributed by atoms with Gasteiger partial charge in [0.25, 0.3) is 11.1 Å². The summed E-state index contributed by atoms with van der Waals surface area (Å²) in [5, 5.41) is 12.2. The zero-order valence-corrected chi connectivity index (χ0v) is 17.7. The Labute approximate surface area is 174 Å². The number of likely N-dealkylation sites (N-methyl/N-ethyl adjacent to an activating group) is 1. The van der Waals surface area contributed by atoms with Gasteiger partial charge in [-0.05, 0) is 44.6 Å². The Morgan fingerprint density at radius 3 is 2.50 bits per heavy atom. The van der Waals surface area contributed by atoms with Crippen molar-refractivity contribution in [2.45, 2.75) is 32.4 Å². The van der Waals surface area contributed by atoms with Gasteiger partial charge in [-0.3, -0.25) is 19.4 Å². The molecule has 3 N–H and O–H groups in total. The molecule has 8 heteroatoms. The molecule has 2 aromatic heterocycles. The van der Waals surface area contributed by atoms with Crippen LogP contribution in [0.4, 0.5) is 5.69 Å². The second-order valence-corrected chi connectivity index (χ2v) is 8.10. The molecule has 1 aliphatic heterocycles. The largest absolute Gasteiger partial charge is 0.394 e. The van der Waals surface area contributed by atoms with Gasteiger partial charge in [0.2, 0.25) is 0 Å². The van der Waals surface area contributed by atoms with Crippen molar-refractivity contribution in [3.8, 4) is 11.3 Å². The molecule has 3 heterocycles. The van der Waals surface area contributed by atoms with Gasteiger partial charge >= 0.3 is 0 Å². The van der Waals surface area contributed by atoms with E-state index >= 15 is 0 Å². The summed E-state index contributed by atoms with van der Waals surface area (Å²) in [6.07, 6.45) is 1.79. The molecular formula is C22H29N5O3. The summed E-state index contributed by atoms with van der Waals surface area (Å²) in [5.74, 6) is 0. The summed E-state index contributed by atoms with van der Waals surface area (Å²) < 4.78 is 1.58. The predicted octanol–water partition coefficient (Wildman–Crippen LogP) is 1.38. The summed E-state index contributed by atoms with van der Waals surface area (Å²) in [5.41, 5.74) is 3.42. The standard InChI is InChI=1S/C22H29N5O3/c1-4-17-19(23-21(29)18-20(17)27(11-12-28)24-22(18)30)14-5-7-15(8-6-14)26-10-9-16(13-26)25(2)3/h5-8,16,28H,4,9-13H2,1-3H3,(H,23,29)(H,24,30). The molecule has 8 nitrogen and oxygen atoms in total. The topological polar surface area (TPSA) is 97.4 Å². The first kappa shape index (κ1) is 20.4. The van der Waals surface area contributed by atoms with Crippen LogP contribution in [0.3, 0.4) is 0 Å². The number of hydrogen-bond acceptors (Lipinski definition) is 5. The van der Waals surface area contributed by atoms with E-state index in [0.717, 1.165) is 36.3 Å². The van der Waals surface area contributed by atoms with Crippen LogP contribution < -0.4 is 16.0 Å². The predicted molar refractivity (Wildman–Crippen MR) is 119 cm³/mol. The van der Waals surface area contributed by atoms with Gasteiger partial charge in [-0.25, -0.2) is 0 Å². The van der Waals surface area contributed by atoms with Crippen molar-refractivity contribution in [3.63, 3.8) is 0 Å². The maximum Gasteiger partial charge on any atom is 0.277 e. The van der Waals surface area contributed by atoms with Gasteiger partial charge in [0.15, 0.2) is 0 Å².